The molecule has 0 radical (unpaired) electrons. The van der Waals surface area contributed by atoms with Gasteiger partial charge in [0.25, 0.3) is 5.91 Å². The first kappa shape index (κ1) is 38.0. The molecule has 0 aromatic rings. The second-order valence-electron chi connectivity index (χ2n) is 12.2. The molecule has 2 amide bonds. The molecule has 0 aliphatic carbocycles. The first-order chi connectivity index (χ1) is 19.9. The number of allylic oxidation sites excluding steroid dienone is 1. The van der Waals surface area contributed by atoms with Crippen LogP contribution in [0.5, 0.6) is 0 Å². The second-order valence-corrected chi connectivity index (χ2v) is 12.2. The van der Waals surface area contributed by atoms with Crippen LogP contribution in [-0.4, -0.2) is 96.5 Å². The fraction of sp³-hybridized carbons (Fsp3) is 0.839. The lowest BCUT2D eigenvalue weighted by Crippen LogP contribution is -2.55. The number of amides is 2. The van der Waals surface area contributed by atoms with Gasteiger partial charge in [0.1, 0.15) is 37.1 Å². The fourth-order valence-electron chi connectivity index (χ4n) is 4.59. The molecule has 244 valence electrons. The van der Waals surface area contributed by atoms with Gasteiger partial charge in [-0.25, -0.2) is 4.79 Å². The number of esters is 1. The summed E-state index contributed by atoms with van der Waals surface area (Å²) in [6.07, 6.45) is 7.32. The number of nitrogens with one attached hydrogen (secondary N) is 2. The predicted octanol–water partition coefficient (Wildman–Crippen LogP) is 2.54. The van der Waals surface area contributed by atoms with E-state index in [1.54, 1.807) is 6.08 Å². The molecular weight excluding hydrogens is 544 g/mol. The van der Waals surface area contributed by atoms with E-state index < -0.39 is 54.3 Å². The molecule has 0 bridgehead atoms. The van der Waals surface area contributed by atoms with E-state index in [9.17, 15) is 29.7 Å². The fourth-order valence-corrected chi connectivity index (χ4v) is 4.59. The first-order valence-corrected chi connectivity index (χ1v) is 15.5. The maximum atomic E-state index is 12.8. The summed E-state index contributed by atoms with van der Waals surface area (Å²) in [6, 6.07) is -0.961. The molecule has 6 atom stereocenters. The lowest BCUT2D eigenvalue weighted by molar-refractivity contribution is -0.154. The van der Waals surface area contributed by atoms with Crippen LogP contribution in [0.25, 0.3) is 0 Å². The van der Waals surface area contributed by atoms with Crippen molar-refractivity contribution in [1.82, 2.24) is 10.6 Å². The number of aliphatic hydroxyl groups excluding tert-OH is 3. The molecule has 1 rings (SSSR count). The van der Waals surface area contributed by atoms with Crippen LogP contribution in [0.3, 0.4) is 0 Å². The number of hydrogen-bond donors (Lipinski definition) is 5. The van der Waals surface area contributed by atoms with E-state index in [0.29, 0.717) is 13.0 Å². The van der Waals surface area contributed by atoms with Crippen molar-refractivity contribution in [3.8, 4) is 0 Å². The van der Waals surface area contributed by atoms with Crippen molar-refractivity contribution in [2.75, 3.05) is 26.9 Å². The highest BCUT2D eigenvalue weighted by molar-refractivity contribution is 5.89. The van der Waals surface area contributed by atoms with E-state index in [2.05, 4.69) is 17.6 Å². The average molecular weight is 601 g/mol. The van der Waals surface area contributed by atoms with Gasteiger partial charge in [0, 0.05) is 13.7 Å². The number of carbonyl (C=O) groups excluding carboxylic acids is 3. The van der Waals surface area contributed by atoms with Crippen LogP contribution in [0.2, 0.25) is 0 Å². The number of aliphatic hydroxyl groups is 3. The van der Waals surface area contributed by atoms with E-state index in [0.717, 1.165) is 12.8 Å². The minimum atomic E-state index is -1.76. The monoisotopic (exact) mass is 600 g/mol. The van der Waals surface area contributed by atoms with E-state index >= 15 is 0 Å². The highest BCUT2D eigenvalue weighted by Crippen LogP contribution is 2.17. The summed E-state index contributed by atoms with van der Waals surface area (Å²) in [5, 5.41) is 36.3. The van der Waals surface area contributed by atoms with Crippen LogP contribution in [-0.2, 0) is 28.6 Å². The van der Waals surface area contributed by atoms with E-state index in [-0.39, 0.29) is 25.0 Å². The molecule has 1 fully saturated rings. The summed E-state index contributed by atoms with van der Waals surface area (Å²) < 4.78 is 16.0. The van der Waals surface area contributed by atoms with Gasteiger partial charge in [-0.15, -0.1) is 0 Å². The van der Waals surface area contributed by atoms with Gasteiger partial charge in [-0.2, -0.15) is 0 Å². The molecule has 0 saturated carbocycles. The van der Waals surface area contributed by atoms with Gasteiger partial charge < -0.3 is 40.2 Å². The zero-order chi connectivity index (χ0) is 31.5. The highest BCUT2D eigenvalue weighted by Gasteiger charge is 2.37. The third kappa shape index (κ3) is 16.0. The summed E-state index contributed by atoms with van der Waals surface area (Å²) in [7, 11) is 1.18. The van der Waals surface area contributed by atoms with Gasteiger partial charge in [-0.05, 0) is 24.7 Å². The average Bonchev–Trinajstić information content (AvgIpc) is 3.10. The van der Waals surface area contributed by atoms with Crippen LogP contribution in [0.1, 0.15) is 98.3 Å². The molecule has 42 heavy (non-hydrogen) atoms. The minimum Gasteiger partial charge on any atom is -0.459 e. The Morgan fingerprint density at radius 2 is 1.62 bits per heavy atom. The number of hydrogen-bond acceptors (Lipinski definition) is 9. The number of unbranched alkanes of at least 4 members (excludes halogenated alkanes) is 8. The van der Waals surface area contributed by atoms with Gasteiger partial charge in [0.2, 0.25) is 5.91 Å². The van der Waals surface area contributed by atoms with Crippen LogP contribution in [0.15, 0.2) is 12.2 Å². The van der Waals surface area contributed by atoms with Crippen LogP contribution < -0.4 is 10.6 Å². The maximum Gasteiger partial charge on any atom is 0.332 e. The Morgan fingerprint density at radius 1 is 1.00 bits per heavy atom. The molecule has 6 unspecified atom stereocenters. The summed E-state index contributed by atoms with van der Waals surface area (Å²) in [5.41, 5.74) is -0.261. The molecule has 1 heterocycles. The molecule has 5 N–H and O–H groups in total. The van der Waals surface area contributed by atoms with Crippen molar-refractivity contribution in [1.29, 1.82) is 0 Å². The molecule has 1 aliphatic rings. The van der Waals surface area contributed by atoms with Crippen molar-refractivity contribution in [2.45, 2.75) is 135 Å². The van der Waals surface area contributed by atoms with Gasteiger partial charge >= 0.3 is 5.97 Å². The molecule has 1 aliphatic heterocycles. The number of methoxy groups -OCH3 is 1. The third-order valence-corrected chi connectivity index (χ3v) is 7.14. The number of rotatable bonds is 20. The quantitative estimate of drug-likeness (QED) is 0.0803. The summed E-state index contributed by atoms with van der Waals surface area (Å²) in [5.74, 6) is -1.80. The van der Waals surface area contributed by atoms with Gasteiger partial charge in [0.15, 0.2) is 6.10 Å². The SMILES string of the molecule is CCCCCCCCCCCOCC(=O)OC1CCC(NC(=O)C(OC)C(O)C(O)C(O)/C=C/C(C)(C)C)C(=O)NC1. The van der Waals surface area contributed by atoms with Gasteiger partial charge in [-0.3, -0.25) is 9.59 Å². The van der Waals surface area contributed by atoms with E-state index in [1.807, 2.05) is 20.8 Å². The normalized spacial score (nSPS) is 20.8. The van der Waals surface area contributed by atoms with Crippen molar-refractivity contribution >= 4 is 17.8 Å². The second kappa shape index (κ2) is 20.8. The molecule has 0 spiro atoms. The maximum absolute atomic E-state index is 12.8. The summed E-state index contributed by atoms with van der Waals surface area (Å²) in [6.45, 7) is 8.35. The minimum absolute atomic E-state index is 0.0938. The Morgan fingerprint density at radius 3 is 2.21 bits per heavy atom. The van der Waals surface area contributed by atoms with Crippen LogP contribution in [0.4, 0.5) is 0 Å². The van der Waals surface area contributed by atoms with Gasteiger partial charge in [0.05, 0.1) is 6.54 Å². The summed E-state index contributed by atoms with van der Waals surface area (Å²) >= 11 is 0. The first-order valence-electron chi connectivity index (χ1n) is 15.5. The van der Waals surface area contributed by atoms with Gasteiger partial charge in [-0.1, -0.05) is 91.2 Å². The third-order valence-electron chi connectivity index (χ3n) is 7.14. The van der Waals surface area contributed by atoms with E-state index in [1.165, 1.54) is 58.1 Å². The van der Waals surface area contributed by atoms with E-state index in [4.69, 9.17) is 14.2 Å². The Labute approximate surface area is 251 Å². The molecule has 11 heteroatoms. The topological polar surface area (TPSA) is 164 Å². The predicted molar refractivity (Wildman–Crippen MR) is 160 cm³/mol. The van der Waals surface area contributed by atoms with Crippen molar-refractivity contribution in [3.05, 3.63) is 12.2 Å². The molecule has 11 nitrogen and oxygen atoms in total. The standard InChI is InChI=1S/C31H56N2O9/c1-6-7-8-9-10-11-12-13-14-19-41-21-25(35)42-22-15-16-23(29(38)32-20-22)33-30(39)28(40-5)27(37)26(36)24(34)17-18-31(2,3)4/h17-18,22-24,26-28,34,36-37H,6-16,19-21H2,1-5H3,(H,32,38)(H,33,39)/b18-17+. The Kier molecular flexibility index (Phi) is 18.8. The van der Waals surface area contributed by atoms with Crippen molar-refractivity contribution in [3.63, 3.8) is 0 Å². The molecule has 1 saturated heterocycles. The Balaban J connectivity index is 2.41. The lowest BCUT2D eigenvalue weighted by Gasteiger charge is -2.28. The molecule has 0 aromatic heterocycles. The largest absolute Gasteiger partial charge is 0.459 e. The van der Waals surface area contributed by atoms with Crippen LogP contribution in [0, 0.1) is 5.41 Å². The number of ether oxygens (including phenoxy) is 3. The van der Waals surface area contributed by atoms with Crippen LogP contribution >= 0.6 is 0 Å². The smallest absolute Gasteiger partial charge is 0.332 e. The van der Waals surface area contributed by atoms with Crippen molar-refractivity contribution in [2.24, 2.45) is 5.41 Å². The Hall–Kier alpha value is -2.05. The zero-order valence-corrected chi connectivity index (χ0v) is 26.3. The Bertz CT molecular complexity index is 815. The summed E-state index contributed by atoms with van der Waals surface area (Å²) in [4.78, 5) is 37.6. The van der Waals surface area contributed by atoms with Crippen molar-refractivity contribution < 1.29 is 43.9 Å². The number of carbonyl (C=O) groups is 3. The molecular formula is C31H56N2O9. The zero-order valence-electron chi connectivity index (χ0n) is 26.3. The highest BCUT2D eigenvalue weighted by atomic mass is 16.6. The molecule has 0 aromatic carbocycles. The lowest BCUT2D eigenvalue weighted by atomic mass is 9.94.